The number of nitrogens with one attached hydrogen (secondary N) is 1. The van der Waals surface area contributed by atoms with E-state index in [9.17, 15) is 0 Å². The van der Waals surface area contributed by atoms with Gasteiger partial charge in [0, 0.05) is 16.5 Å². The van der Waals surface area contributed by atoms with Gasteiger partial charge in [-0.05, 0) is 24.7 Å². The second-order valence-corrected chi connectivity index (χ2v) is 8.23. The predicted molar refractivity (Wildman–Crippen MR) is 79.1 cm³/mol. The Balaban J connectivity index is 2.35. The Labute approximate surface area is 111 Å². The van der Waals surface area contributed by atoms with Crippen LogP contribution in [0.1, 0.15) is 59.8 Å². The topological polar surface area (TPSA) is 38.0 Å². The Kier molecular flexibility index (Phi) is 6.32. The molecule has 0 bridgehead atoms. The SMILES string of the molecule is CCC1CCC(C(CSC(C)(C)C)NN)CC1. The molecular weight excluding hydrogens is 228 g/mol. The van der Waals surface area contributed by atoms with Gasteiger partial charge in [0.1, 0.15) is 0 Å². The summed E-state index contributed by atoms with van der Waals surface area (Å²) in [6.07, 6.45) is 6.87. The van der Waals surface area contributed by atoms with E-state index in [1.807, 2.05) is 11.8 Å². The van der Waals surface area contributed by atoms with Crippen molar-refractivity contribution in [3.8, 4) is 0 Å². The highest BCUT2D eigenvalue weighted by atomic mass is 32.2. The standard InChI is InChI=1S/C14H30N2S/c1-5-11-6-8-12(9-7-11)13(16-15)10-17-14(2,3)4/h11-13,16H,5-10,15H2,1-4H3. The summed E-state index contributed by atoms with van der Waals surface area (Å²) in [4.78, 5) is 0. The van der Waals surface area contributed by atoms with Crippen molar-refractivity contribution in [3.05, 3.63) is 0 Å². The van der Waals surface area contributed by atoms with Crippen molar-refractivity contribution in [2.75, 3.05) is 5.75 Å². The molecule has 0 aliphatic heterocycles. The molecule has 1 aliphatic rings. The minimum absolute atomic E-state index is 0.343. The van der Waals surface area contributed by atoms with Crippen LogP contribution in [0, 0.1) is 11.8 Å². The normalized spacial score (nSPS) is 28.1. The van der Waals surface area contributed by atoms with E-state index in [0.29, 0.717) is 10.8 Å². The van der Waals surface area contributed by atoms with E-state index in [-0.39, 0.29) is 0 Å². The Bertz CT molecular complexity index is 205. The van der Waals surface area contributed by atoms with E-state index < -0.39 is 0 Å². The monoisotopic (exact) mass is 258 g/mol. The van der Waals surface area contributed by atoms with Crippen LogP contribution in [0.5, 0.6) is 0 Å². The summed E-state index contributed by atoms with van der Waals surface area (Å²) >= 11 is 2.02. The molecule has 1 atom stereocenters. The number of hydrazine groups is 1. The third-order valence-electron chi connectivity index (χ3n) is 3.95. The zero-order valence-corrected chi connectivity index (χ0v) is 12.8. The Morgan fingerprint density at radius 3 is 2.24 bits per heavy atom. The fourth-order valence-electron chi connectivity index (χ4n) is 2.66. The molecular formula is C14H30N2S. The molecule has 0 radical (unpaired) electrons. The zero-order valence-electron chi connectivity index (χ0n) is 12.0. The van der Waals surface area contributed by atoms with Gasteiger partial charge in [-0.3, -0.25) is 11.3 Å². The second kappa shape index (κ2) is 7.01. The van der Waals surface area contributed by atoms with Gasteiger partial charge in [0.05, 0.1) is 0 Å². The summed E-state index contributed by atoms with van der Waals surface area (Å²) in [5.74, 6) is 8.64. The molecule has 3 N–H and O–H groups in total. The quantitative estimate of drug-likeness (QED) is 0.585. The smallest absolute Gasteiger partial charge is 0.0329 e. The van der Waals surface area contributed by atoms with Crippen molar-refractivity contribution in [1.29, 1.82) is 0 Å². The molecule has 1 unspecified atom stereocenters. The molecule has 1 saturated carbocycles. The van der Waals surface area contributed by atoms with Crippen LogP contribution in [0.25, 0.3) is 0 Å². The van der Waals surface area contributed by atoms with Crippen molar-refractivity contribution < 1.29 is 0 Å². The minimum Gasteiger partial charge on any atom is -0.271 e. The number of hydrogen-bond acceptors (Lipinski definition) is 3. The lowest BCUT2D eigenvalue weighted by Crippen LogP contribution is -2.44. The van der Waals surface area contributed by atoms with E-state index in [1.165, 1.54) is 32.1 Å². The van der Waals surface area contributed by atoms with Crippen LogP contribution >= 0.6 is 11.8 Å². The van der Waals surface area contributed by atoms with Crippen molar-refractivity contribution in [2.45, 2.75) is 70.6 Å². The van der Waals surface area contributed by atoms with Crippen molar-refractivity contribution in [2.24, 2.45) is 17.7 Å². The van der Waals surface area contributed by atoms with Crippen LogP contribution in [0.3, 0.4) is 0 Å². The average Bonchev–Trinajstić information content (AvgIpc) is 2.29. The lowest BCUT2D eigenvalue weighted by atomic mass is 9.78. The van der Waals surface area contributed by atoms with E-state index in [1.54, 1.807) is 0 Å². The van der Waals surface area contributed by atoms with E-state index in [0.717, 1.165) is 17.6 Å². The molecule has 0 amide bonds. The molecule has 0 spiro atoms. The first-order chi connectivity index (χ1) is 7.96. The van der Waals surface area contributed by atoms with Gasteiger partial charge >= 0.3 is 0 Å². The molecule has 0 aromatic carbocycles. The van der Waals surface area contributed by atoms with Gasteiger partial charge in [-0.1, -0.05) is 47.0 Å². The third-order valence-corrected chi connectivity index (χ3v) is 5.34. The summed E-state index contributed by atoms with van der Waals surface area (Å²) in [5, 5.41) is 0. The van der Waals surface area contributed by atoms with E-state index >= 15 is 0 Å². The van der Waals surface area contributed by atoms with Gasteiger partial charge in [-0.2, -0.15) is 11.8 Å². The number of nitrogens with two attached hydrogens (primary N) is 1. The number of hydrogen-bond donors (Lipinski definition) is 2. The minimum atomic E-state index is 0.343. The van der Waals surface area contributed by atoms with Gasteiger partial charge < -0.3 is 0 Å². The van der Waals surface area contributed by atoms with Gasteiger partial charge in [0.2, 0.25) is 0 Å². The molecule has 0 aromatic rings. The van der Waals surface area contributed by atoms with Gasteiger partial charge in [0.25, 0.3) is 0 Å². The van der Waals surface area contributed by atoms with Crippen LogP contribution in [0.15, 0.2) is 0 Å². The molecule has 3 heteroatoms. The first-order valence-electron chi connectivity index (χ1n) is 7.06. The molecule has 1 rings (SSSR count). The highest BCUT2D eigenvalue weighted by Gasteiger charge is 2.27. The maximum absolute atomic E-state index is 5.74. The lowest BCUT2D eigenvalue weighted by molar-refractivity contribution is 0.228. The second-order valence-electron chi connectivity index (χ2n) is 6.39. The maximum Gasteiger partial charge on any atom is 0.0329 e. The molecule has 1 fully saturated rings. The molecule has 0 heterocycles. The lowest BCUT2D eigenvalue weighted by Gasteiger charge is -2.34. The molecule has 2 nitrogen and oxygen atoms in total. The first-order valence-corrected chi connectivity index (χ1v) is 8.05. The summed E-state index contributed by atoms with van der Waals surface area (Å²) in [6.45, 7) is 9.15. The van der Waals surface area contributed by atoms with E-state index in [2.05, 4.69) is 33.1 Å². The van der Waals surface area contributed by atoms with Gasteiger partial charge in [-0.15, -0.1) is 0 Å². The molecule has 1 aliphatic carbocycles. The zero-order chi connectivity index (χ0) is 12.9. The molecule has 0 saturated heterocycles. The fraction of sp³-hybridized carbons (Fsp3) is 1.00. The van der Waals surface area contributed by atoms with Crippen LogP contribution < -0.4 is 11.3 Å². The van der Waals surface area contributed by atoms with Crippen molar-refractivity contribution >= 4 is 11.8 Å². The molecule has 17 heavy (non-hydrogen) atoms. The highest BCUT2D eigenvalue weighted by molar-refractivity contribution is 8.00. The predicted octanol–water partition coefficient (Wildman–Crippen LogP) is 3.57. The molecule has 102 valence electrons. The van der Waals surface area contributed by atoms with Gasteiger partial charge in [0.15, 0.2) is 0 Å². The van der Waals surface area contributed by atoms with Crippen LogP contribution in [0.2, 0.25) is 0 Å². The summed E-state index contributed by atoms with van der Waals surface area (Å²) in [6, 6.07) is 0.497. The van der Waals surface area contributed by atoms with Crippen LogP contribution in [-0.4, -0.2) is 16.5 Å². The van der Waals surface area contributed by atoms with Crippen molar-refractivity contribution in [1.82, 2.24) is 5.43 Å². The maximum atomic E-state index is 5.74. The summed E-state index contributed by atoms with van der Waals surface area (Å²) in [7, 11) is 0. The summed E-state index contributed by atoms with van der Waals surface area (Å²) in [5.41, 5.74) is 3.06. The number of thioether (sulfide) groups is 1. The highest BCUT2D eigenvalue weighted by Crippen LogP contribution is 2.34. The van der Waals surface area contributed by atoms with Gasteiger partial charge in [-0.25, -0.2) is 0 Å². The summed E-state index contributed by atoms with van der Waals surface area (Å²) < 4.78 is 0.343. The Morgan fingerprint density at radius 1 is 1.24 bits per heavy atom. The average molecular weight is 258 g/mol. The first kappa shape index (κ1) is 15.3. The molecule has 0 aromatic heterocycles. The third kappa shape index (κ3) is 5.62. The van der Waals surface area contributed by atoms with Crippen LogP contribution in [0.4, 0.5) is 0 Å². The fourth-order valence-corrected chi connectivity index (χ4v) is 3.71. The van der Waals surface area contributed by atoms with Crippen LogP contribution in [-0.2, 0) is 0 Å². The largest absolute Gasteiger partial charge is 0.271 e. The Hall–Kier alpha value is 0.270. The van der Waals surface area contributed by atoms with Crippen molar-refractivity contribution in [3.63, 3.8) is 0 Å². The number of rotatable bonds is 5. The van der Waals surface area contributed by atoms with E-state index in [4.69, 9.17) is 5.84 Å². The Morgan fingerprint density at radius 2 is 1.82 bits per heavy atom.